The average Bonchev–Trinajstić information content (AvgIpc) is 2.93. The SMILES string of the molecule is O=C(/C=C/c1ccc(-c2cc(OCCCC(F)(F)F)ccc2C(=O)O)cc1)OCCc1ccc([N+](=O)[O-])cc1[N+](=O)[O-]. The van der Waals surface area contributed by atoms with Gasteiger partial charge in [0.25, 0.3) is 11.4 Å². The number of carbonyl (C=O) groups is 2. The molecule has 0 saturated heterocycles. The third kappa shape index (κ3) is 9.15. The van der Waals surface area contributed by atoms with Gasteiger partial charge in [-0.05, 0) is 53.5 Å². The molecule has 11 nitrogen and oxygen atoms in total. The quantitative estimate of drug-likeness (QED) is 0.0785. The van der Waals surface area contributed by atoms with Crippen molar-refractivity contribution >= 4 is 29.4 Å². The maximum atomic E-state index is 12.3. The Labute approximate surface area is 236 Å². The smallest absolute Gasteiger partial charge is 0.389 e. The number of carbonyl (C=O) groups excluding carboxylic acids is 1. The number of alkyl halides is 3. The molecule has 42 heavy (non-hydrogen) atoms. The predicted octanol–water partition coefficient (Wildman–Crippen LogP) is 6.39. The molecule has 0 aliphatic carbocycles. The number of nitrogens with zero attached hydrogens (tertiary/aromatic N) is 2. The highest BCUT2D eigenvalue weighted by molar-refractivity contribution is 5.96. The first-order valence-corrected chi connectivity index (χ1v) is 12.3. The van der Waals surface area contributed by atoms with Gasteiger partial charge in [0.2, 0.25) is 0 Å². The second-order valence-electron chi connectivity index (χ2n) is 8.78. The van der Waals surface area contributed by atoms with E-state index in [0.717, 1.165) is 18.2 Å². The van der Waals surface area contributed by atoms with Crippen molar-refractivity contribution in [3.63, 3.8) is 0 Å². The number of esters is 1. The van der Waals surface area contributed by atoms with Crippen LogP contribution in [-0.4, -0.2) is 46.3 Å². The highest BCUT2D eigenvalue weighted by Gasteiger charge is 2.26. The lowest BCUT2D eigenvalue weighted by Gasteiger charge is -2.12. The van der Waals surface area contributed by atoms with Gasteiger partial charge in [-0.1, -0.05) is 24.3 Å². The minimum absolute atomic E-state index is 0.0421. The molecule has 0 amide bonds. The number of aromatic carboxylic acids is 1. The van der Waals surface area contributed by atoms with E-state index >= 15 is 0 Å². The number of ether oxygens (including phenoxy) is 2. The first kappa shape index (κ1) is 31.3. The first-order chi connectivity index (χ1) is 19.8. The molecule has 0 unspecified atom stereocenters. The number of benzene rings is 3. The van der Waals surface area contributed by atoms with Gasteiger partial charge in [0, 0.05) is 30.5 Å². The van der Waals surface area contributed by atoms with Crippen molar-refractivity contribution in [3.8, 4) is 16.9 Å². The molecule has 0 atom stereocenters. The fourth-order valence-electron chi connectivity index (χ4n) is 3.80. The van der Waals surface area contributed by atoms with Gasteiger partial charge in [-0.2, -0.15) is 13.2 Å². The second-order valence-corrected chi connectivity index (χ2v) is 8.78. The number of carboxylic acids is 1. The monoisotopic (exact) mass is 588 g/mol. The number of carboxylic acid groups (broad SMARTS) is 1. The zero-order valence-corrected chi connectivity index (χ0v) is 21.7. The molecule has 0 radical (unpaired) electrons. The Morgan fingerprint density at radius 2 is 1.64 bits per heavy atom. The molecule has 0 bridgehead atoms. The van der Waals surface area contributed by atoms with Crippen LogP contribution < -0.4 is 4.74 Å². The summed E-state index contributed by atoms with van der Waals surface area (Å²) in [4.78, 5) is 44.4. The fraction of sp³-hybridized carbons (Fsp3) is 0.214. The van der Waals surface area contributed by atoms with Crippen molar-refractivity contribution in [2.45, 2.75) is 25.4 Å². The minimum atomic E-state index is -4.30. The normalized spacial score (nSPS) is 11.3. The van der Waals surface area contributed by atoms with E-state index in [4.69, 9.17) is 9.47 Å². The minimum Gasteiger partial charge on any atom is -0.494 e. The van der Waals surface area contributed by atoms with Crippen LogP contribution in [0, 0.1) is 20.2 Å². The fourth-order valence-corrected chi connectivity index (χ4v) is 3.80. The van der Waals surface area contributed by atoms with E-state index in [2.05, 4.69) is 0 Å². The molecular weight excluding hydrogens is 565 g/mol. The van der Waals surface area contributed by atoms with E-state index in [9.17, 15) is 48.1 Å². The predicted molar refractivity (Wildman–Crippen MR) is 143 cm³/mol. The third-order valence-corrected chi connectivity index (χ3v) is 5.82. The molecule has 0 aromatic heterocycles. The van der Waals surface area contributed by atoms with Crippen LogP contribution in [-0.2, 0) is 16.0 Å². The topological polar surface area (TPSA) is 159 Å². The second kappa shape index (κ2) is 13.9. The number of rotatable bonds is 13. The Morgan fingerprint density at radius 1 is 0.929 bits per heavy atom. The molecule has 0 saturated carbocycles. The number of non-ortho nitro benzene ring substituents is 1. The molecule has 0 aliphatic rings. The maximum Gasteiger partial charge on any atom is 0.389 e. The van der Waals surface area contributed by atoms with Gasteiger partial charge in [-0.3, -0.25) is 20.2 Å². The summed E-state index contributed by atoms with van der Waals surface area (Å²) in [6, 6.07) is 13.7. The molecule has 0 spiro atoms. The average molecular weight is 588 g/mol. The highest BCUT2D eigenvalue weighted by Crippen LogP contribution is 2.30. The van der Waals surface area contributed by atoms with Crippen LogP contribution in [0.3, 0.4) is 0 Å². The standard InChI is InChI=1S/C28H23F3N2O9/c29-28(30,31)13-1-14-41-22-9-10-23(27(35)36)24(17-22)19-5-2-18(3-6-19)4-11-26(34)42-15-12-20-7-8-21(32(37)38)16-25(20)33(39)40/h2-11,16-17H,1,12-15H2,(H,35,36)/b11-4+. The number of nitro groups is 2. The first-order valence-electron chi connectivity index (χ1n) is 12.3. The Kier molecular flexibility index (Phi) is 10.3. The Morgan fingerprint density at radius 3 is 2.26 bits per heavy atom. The lowest BCUT2D eigenvalue weighted by molar-refractivity contribution is -0.394. The summed E-state index contributed by atoms with van der Waals surface area (Å²) >= 11 is 0. The van der Waals surface area contributed by atoms with Gasteiger partial charge in [-0.15, -0.1) is 0 Å². The summed E-state index contributed by atoms with van der Waals surface area (Å²) in [5.74, 6) is -1.74. The molecule has 3 aromatic carbocycles. The van der Waals surface area contributed by atoms with Crippen LogP contribution in [0.15, 0.2) is 66.7 Å². The van der Waals surface area contributed by atoms with Gasteiger partial charge in [-0.25, -0.2) is 9.59 Å². The molecule has 0 aliphatic heterocycles. The Bertz CT molecular complexity index is 1500. The molecule has 1 N–H and O–H groups in total. The van der Waals surface area contributed by atoms with Crippen molar-refractivity contribution < 1.29 is 47.2 Å². The summed E-state index contributed by atoms with van der Waals surface area (Å²) in [5.41, 5.74) is 0.547. The summed E-state index contributed by atoms with van der Waals surface area (Å²) in [6.45, 7) is -0.413. The van der Waals surface area contributed by atoms with Gasteiger partial charge < -0.3 is 14.6 Å². The van der Waals surface area contributed by atoms with Crippen molar-refractivity contribution in [1.82, 2.24) is 0 Å². The van der Waals surface area contributed by atoms with Gasteiger partial charge in [0.1, 0.15) is 5.75 Å². The third-order valence-electron chi connectivity index (χ3n) is 5.82. The highest BCUT2D eigenvalue weighted by atomic mass is 19.4. The number of hydrogen-bond donors (Lipinski definition) is 1. The van der Waals surface area contributed by atoms with Crippen LogP contribution in [0.2, 0.25) is 0 Å². The molecule has 220 valence electrons. The summed E-state index contributed by atoms with van der Waals surface area (Å²) in [7, 11) is 0. The van der Waals surface area contributed by atoms with Gasteiger partial charge >= 0.3 is 18.1 Å². The van der Waals surface area contributed by atoms with E-state index in [0.29, 0.717) is 11.1 Å². The summed E-state index contributed by atoms with van der Waals surface area (Å²) in [6.07, 6.45) is -3.04. The Balaban J connectivity index is 1.62. The van der Waals surface area contributed by atoms with Crippen molar-refractivity contribution in [1.29, 1.82) is 0 Å². The lowest BCUT2D eigenvalue weighted by Crippen LogP contribution is -2.10. The van der Waals surface area contributed by atoms with E-state index in [-0.39, 0.29) is 48.5 Å². The zero-order chi connectivity index (χ0) is 30.9. The zero-order valence-electron chi connectivity index (χ0n) is 21.7. The molecule has 3 rings (SSSR count). The number of hydrogen-bond acceptors (Lipinski definition) is 8. The van der Waals surface area contributed by atoms with Crippen LogP contribution in [0.4, 0.5) is 24.5 Å². The van der Waals surface area contributed by atoms with E-state index in [1.165, 1.54) is 30.3 Å². The molecule has 0 heterocycles. The van der Waals surface area contributed by atoms with Crippen molar-refractivity contribution in [2.75, 3.05) is 13.2 Å². The number of nitro benzene ring substituents is 2. The van der Waals surface area contributed by atoms with Crippen LogP contribution in [0.1, 0.15) is 34.3 Å². The lowest BCUT2D eigenvalue weighted by atomic mass is 9.98. The largest absolute Gasteiger partial charge is 0.494 e. The Hall–Kier alpha value is -5.27. The van der Waals surface area contributed by atoms with Crippen LogP contribution >= 0.6 is 0 Å². The summed E-state index contributed by atoms with van der Waals surface area (Å²) in [5, 5.41) is 31.6. The van der Waals surface area contributed by atoms with Gasteiger partial charge in [0.05, 0.1) is 34.7 Å². The molecule has 14 heteroatoms. The number of halogens is 3. The van der Waals surface area contributed by atoms with E-state index < -0.39 is 45.8 Å². The van der Waals surface area contributed by atoms with Gasteiger partial charge in [0.15, 0.2) is 0 Å². The van der Waals surface area contributed by atoms with E-state index in [1.54, 1.807) is 24.3 Å². The maximum absolute atomic E-state index is 12.3. The van der Waals surface area contributed by atoms with E-state index in [1.807, 2.05) is 0 Å². The van der Waals surface area contributed by atoms with Crippen LogP contribution in [0.5, 0.6) is 5.75 Å². The van der Waals surface area contributed by atoms with Crippen LogP contribution in [0.25, 0.3) is 17.2 Å². The molecule has 0 fully saturated rings. The molecular formula is C28H23F3N2O9. The molecule has 3 aromatic rings. The van der Waals surface area contributed by atoms with Crippen molar-refractivity contribution in [2.24, 2.45) is 0 Å². The van der Waals surface area contributed by atoms with Crippen molar-refractivity contribution in [3.05, 3.63) is 104 Å². The summed E-state index contributed by atoms with van der Waals surface area (Å²) < 4.78 is 47.4.